The van der Waals surface area contributed by atoms with Crippen molar-refractivity contribution < 1.29 is 9.59 Å². The maximum atomic E-state index is 12.6. The van der Waals surface area contributed by atoms with Crippen molar-refractivity contribution in [3.05, 3.63) is 29.8 Å². The SMILES string of the molecule is Nc1ccc(CN2C(=O)NC3(CCCCC3)C2=O)cc1. The highest BCUT2D eigenvalue weighted by molar-refractivity contribution is 6.07. The molecule has 20 heavy (non-hydrogen) atoms. The molecule has 0 aromatic heterocycles. The summed E-state index contributed by atoms with van der Waals surface area (Å²) in [5, 5.41) is 2.91. The summed E-state index contributed by atoms with van der Waals surface area (Å²) in [7, 11) is 0. The lowest BCUT2D eigenvalue weighted by molar-refractivity contribution is -0.132. The van der Waals surface area contributed by atoms with Crippen LogP contribution in [0.3, 0.4) is 0 Å². The highest BCUT2D eigenvalue weighted by atomic mass is 16.2. The quantitative estimate of drug-likeness (QED) is 0.639. The standard InChI is InChI=1S/C15H19N3O2/c16-12-6-4-11(5-7-12)10-18-13(19)15(17-14(18)20)8-2-1-3-9-15/h4-7H,1-3,8-10,16H2,(H,17,20). The van der Waals surface area contributed by atoms with Gasteiger partial charge in [-0.25, -0.2) is 4.79 Å². The van der Waals surface area contributed by atoms with Crippen molar-refractivity contribution in [1.82, 2.24) is 10.2 Å². The molecule has 3 rings (SSSR count). The third kappa shape index (κ3) is 2.13. The topological polar surface area (TPSA) is 75.4 Å². The number of anilines is 1. The molecule has 3 N–H and O–H groups in total. The lowest BCUT2D eigenvalue weighted by Gasteiger charge is -2.30. The Hall–Kier alpha value is -2.04. The van der Waals surface area contributed by atoms with Crippen LogP contribution in [0.1, 0.15) is 37.7 Å². The van der Waals surface area contributed by atoms with E-state index in [-0.39, 0.29) is 11.9 Å². The highest BCUT2D eigenvalue weighted by Crippen LogP contribution is 2.34. The molecular formula is C15H19N3O2. The van der Waals surface area contributed by atoms with Crippen LogP contribution in [0.15, 0.2) is 24.3 Å². The molecule has 2 fully saturated rings. The molecule has 0 radical (unpaired) electrons. The number of carbonyl (C=O) groups is 2. The van der Waals surface area contributed by atoms with Crippen molar-refractivity contribution >= 4 is 17.6 Å². The van der Waals surface area contributed by atoms with Gasteiger partial charge >= 0.3 is 6.03 Å². The van der Waals surface area contributed by atoms with Crippen LogP contribution in [0.5, 0.6) is 0 Å². The molecule has 1 saturated heterocycles. The largest absolute Gasteiger partial charge is 0.399 e. The molecule has 1 saturated carbocycles. The highest BCUT2D eigenvalue weighted by Gasteiger charge is 2.51. The third-order valence-electron chi connectivity index (χ3n) is 4.27. The van der Waals surface area contributed by atoms with Crippen molar-refractivity contribution in [3.8, 4) is 0 Å². The first-order valence-corrected chi connectivity index (χ1v) is 7.09. The van der Waals surface area contributed by atoms with E-state index in [1.807, 2.05) is 12.1 Å². The predicted molar refractivity (Wildman–Crippen MR) is 75.8 cm³/mol. The molecule has 0 unspecified atom stereocenters. The summed E-state index contributed by atoms with van der Waals surface area (Å²) in [6, 6.07) is 6.99. The van der Waals surface area contributed by atoms with E-state index in [1.165, 1.54) is 4.90 Å². The summed E-state index contributed by atoms with van der Waals surface area (Å²) >= 11 is 0. The van der Waals surface area contributed by atoms with Crippen LogP contribution in [0.4, 0.5) is 10.5 Å². The molecule has 2 aliphatic rings. The Morgan fingerprint density at radius 3 is 2.40 bits per heavy atom. The number of hydrogen-bond donors (Lipinski definition) is 2. The fourth-order valence-electron chi connectivity index (χ4n) is 3.12. The van der Waals surface area contributed by atoms with Crippen molar-refractivity contribution in [2.45, 2.75) is 44.2 Å². The molecule has 1 spiro atoms. The summed E-state index contributed by atoms with van der Waals surface area (Å²) in [6.07, 6.45) is 4.66. The molecule has 1 heterocycles. The number of nitrogens with two attached hydrogens (primary N) is 1. The first-order valence-electron chi connectivity index (χ1n) is 7.09. The van der Waals surface area contributed by atoms with E-state index in [0.717, 1.165) is 37.7 Å². The number of benzene rings is 1. The molecule has 1 aliphatic carbocycles. The van der Waals surface area contributed by atoms with Crippen molar-refractivity contribution in [3.63, 3.8) is 0 Å². The Morgan fingerprint density at radius 1 is 1.10 bits per heavy atom. The molecule has 106 valence electrons. The minimum absolute atomic E-state index is 0.0703. The first-order chi connectivity index (χ1) is 9.61. The lowest BCUT2D eigenvalue weighted by Crippen LogP contribution is -2.48. The van der Waals surface area contributed by atoms with E-state index in [1.54, 1.807) is 12.1 Å². The van der Waals surface area contributed by atoms with E-state index in [0.29, 0.717) is 12.2 Å². The van der Waals surface area contributed by atoms with Gasteiger partial charge in [0.25, 0.3) is 5.91 Å². The summed E-state index contributed by atoms with van der Waals surface area (Å²) in [5.41, 5.74) is 6.59. The molecule has 1 aliphatic heterocycles. The first kappa shape index (κ1) is 13.0. The smallest absolute Gasteiger partial charge is 0.325 e. The molecule has 3 amide bonds. The number of imide groups is 1. The number of nitrogens with one attached hydrogen (secondary N) is 1. The maximum absolute atomic E-state index is 12.6. The monoisotopic (exact) mass is 273 g/mol. The summed E-state index contributed by atoms with van der Waals surface area (Å²) in [5.74, 6) is -0.0703. The molecular weight excluding hydrogens is 254 g/mol. The Balaban J connectivity index is 1.78. The normalized spacial score (nSPS) is 21.3. The van der Waals surface area contributed by atoms with Gasteiger partial charge in [0, 0.05) is 5.69 Å². The summed E-state index contributed by atoms with van der Waals surface area (Å²) < 4.78 is 0. The summed E-state index contributed by atoms with van der Waals surface area (Å²) in [6.45, 7) is 0.312. The van der Waals surface area contributed by atoms with E-state index < -0.39 is 5.54 Å². The molecule has 1 aromatic rings. The van der Waals surface area contributed by atoms with Gasteiger partial charge in [0.05, 0.1) is 6.54 Å². The number of carbonyl (C=O) groups excluding carboxylic acids is 2. The Labute approximate surface area is 118 Å². The van der Waals surface area contributed by atoms with Gasteiger partial charge in [-0.05, 0) is 30.5 Å². The third-order valence-corrected chi connectivity index (χ3v) is 4.27. The molecule has 0 bridgehead atoms. The van der Waals surface area contributed by atoms with Crippen LogP contribution in [-0.4, -0.2) is 22.4 Å². The van der Waals surface area contributed by atoms with Crippen LogP contribution < -0.4 is 11.1 Å². The van der Waals surface area contributed by atoms with E-state index in [9.17, 15) is 9.59 Å². The number of rotatable bonds is 2. The number of nitrogens with zero attached hydrogens (tertiary/aromatic N) is 1. The second-order valence-corrected chi connectivity index (χ2v) is 5.71. The minimum atomic E-state index is -0.636. The van der Waals surface area contributed by atoms with Crippen LogP contribution in [0.25, 0.3) is 0 Å². The number of hydrogen-bond acceptors (Lipinski definition) is 3. The molecule has 1 aromatic carbocycles. The predicted octanol–water partition coefficient (Wildman–Crippen LogP) is 2.02. The Kier molecular flexibility index (Phi) is 3.12. The van der Waals surface area contributed by atoms with Gasteiger partial charge in [-0.2, -0.15) is 0 Å². The van der Waals surface area contributed by atoms with Gasteiger partial charge < -0.3 is 11.1 Å². The van der Waals surface area contributed by atoms with Gasteiger partial charge in [-0.15, -0.1) is 0 Å². The zero-order valence-corrected chi connectivity index (χ0v) is 11.4. The van der Waals surface area contributed by atoms with Crippen LogP contribution in [-0.2, 0) is 11.3 Å². The number of nitrogen functional groups attached to an aromatic ring is 1. The van der Waals surface area contributed by atoms with Gasteiger partial charge in [0.1, 0.15) is 5.54 Å². The number of amides is 3. The van der Waals surface area contributed by atoms with Gasteiger partial charge in [0.15, 0.2) is 0 Å². The van der Waals surface area contributed by atoms with Gasteiger partial charge in [-0.1, -0.05) is 31.4 Å². The Morgan fingerprint density at radius 2 is 1.75 bits per heavy atom. The number of urea groups is 1. The average Bonchev–Trinajstić information content (AvgIpc) is 2.67. The fraction of sp³-hybridized carbons (Fsp3) is 0.467. The second kappa shape index (κ2) is 4.81. The van der Waals surface area contributed by atoms with Crippen LogP contribution in [0.2, 0.25) is 0 Å². The fourth-order valence-corrected chi connectivity index (χ4v) is 3.12. The van der Waals surface area contributed by atoms with Gasteiger partial charge in [-0.3, -0.25) is 9.69 Å². The Bertz CT molecular complexity index is 533. The van der Waals surface area contributed by atoms with E-state index >= 15 is 0 Å². The van der Waals surface area contributed by atoms with E-state index in [4.69, 9.17) is 5.73 Å². The maximum Gasteiger partial charge on any atom is 0.325 e. The average molecular weight is 273 g/mol. The zero-order chi connectivity index (χ0) is 14.2. The zero-order valence-electron chi connectivity index (χ0n) is 11.4. The molecule has 5 heteroatoms. The molecule has 5 nitrogen and oxygen atoms in total. The van der Waals surface area contributed by atoms with Gasteiger partial charge in [0.2, 0.25) is 0 Å². The van der Waals surface area contributed by atoms with Crippen molar-refractivity contribution in [1.29, 1.82) is 0 Å². The minimum Gasteiger partial charge on any atom is -0.399 e. The second-order valence-electron chi connectivity index (χ2n) is 5.71. The molecule has 0 atom stereocenters. The van der Waals surface area contributed by atoms with Crippen LogP contribution >= 0.6 is 0 Å². The van der Waals surface area contributed by atoms with Crippen LogP contribution in [0, 0.1) is 0 Å². The van der Waals surface area contributed by atoms with Crippen molar-refractivity contribution in [2.24, 2.45) is 0 Å². The summed E-state index contributed by atoms with van der Waals surface area (Å²) in [4.78, 5) is 26.0. The van der Waals surface area contributed by atoms with Crippen molar-refractivity contribution in [2.75, 3.05) is 5.73 Å². The lowest BCUT2D eigenvalue weighted by atomic mass is 9.82. The van der Waals surface area contributed by atoms with E-state index in [2.05, 4.69) is 5.32 Å².